The number of nitrogens with one attached hydrogen (secondary N) is 1. The minimum atomic E-state index is -0.615. The molecule has 7 heteroatoms. The first-order valence-corrected chi connectivity index (χ1v) is 12.6. The minimum Gasteiger partial charge on any atom is -0.340 e. The first kappa shape index (κ1) is 25.0. The number of carbonyl (C=O) groups excluding carboxylic acids is 2. The van der Waals surface area contributed by atoms with E-state index in [9.17, 15) is 18.4 Å². The van der Waals surface area contributed by atoms with Crippen LogP contribution in [0.5, 0.6) is 0 Å². The molecule has 2 fully saturated rings. The fourth-order valence-electron chi connectivity index (χ4n) is 5.62. The highest BCUT2D eigenvalue weighted by Crippen LogP contribution is 2.40. The monoisotopic (exact) mass is 473 g/mol. The van der Waals surface area contributed by atoms with E-state index in [4.69, 9.17) is 0 Å². The van der Waals surface area contributed by atoms with Crippen LogP contribution in [-0.2, 0) is 9.59 Å². The van der Waals surface area contributed by atoms with Crippen molar-refractivity contribution in [2.45, 2.75) is 57.9 Å². The maximum atomic E-state index is 14.8. The van der Waals surface area contributed by atoms with E-state index in [-0.39, 0.29) is 29.1 Å². The Morgan fingerprint density at radius 2 is 1.82 bits per heavy atom. The number of amides is 1. The number of benzene rings is 1. The summed E-state index contributed by atoms with van der Waals surface area (Å²) in [6.07, 6.45) is 4.90. The van der Waals surface area contributed by atoms with Crippen molar-refractivity contribution in [2.24, 2.45) is 11.8 Å². The number of Topliss-reactive ketones (excluding diaryl/α,β-unsaturated/α-hetero) is 1. The zero-order valence-electron chi connectivity index (χ0n) is 20.6. The lowest BCUT2D eigenvalue weighted by molar-refractivity contribution is -0.136. The van der Waals surface area contributed by atoms with Crippen LogP contribution in [-0.4, -0.2) is 66.3 Å². The van der Waals surface area contributed by atoms with Crippen LogP contribution in [0.3, 0.4) is 0 Å². The molecule has 34 heavy (non-hydrogen) atoms. The fourth-order valence-corrected chi connectivity index (χ4v) is 5.62. The molecule has 1 aliphatic carbocycles. The zero-order chi connectivity index (χ0) is 24.5. The van der Waals surface area contributed by atoms with Gasteiger partial charge in [-0.3, -0.25) is 14.5 Å². The van der Waals surface area contributed by atoms with Gasteiger partial charge in [0.1, 0.15) is 11.6 Å². The van der Waals surface area contributed by atoms with Crippen molar-refractivity contribution in [3.8, 4) is 0 Å². The third-order valence-electron chi connectivity index (χ3n) is 7.68. The van der Waals surface area contributed by atoms with Gasteiger partial charge in [-0.05, 0) is 63.7 Å². The van der Waals surface area contributed by atoms with Crippen molar-refractivity contribution in [1.29, 1.82) is 0 Å². The summed E-state index contributed by atoms with van der Waals surface area (Å²) < 4.78 is 28.4. The molecular weight excluding hydrogens is 436 g/mol. The second-order valence-corrected chi connectivity index (χ2v) is 11.0. The minimum absolute atomic E-state index is 0.0143. The molecule has 2 heterocycles. The molecule has 1 aromatic rings. The van der Waals surface area contributed by atoms with Gasteiger partial charge in [-0.25, -0.2) is 8.78 Å². The average molecular weight is 474 g/mol. The summed E-state index contributed by atoms with van der Waals surface area (Å²) >= 11 is 0. The summed E-state index contributed by atoms with van der Waals surface area (Å²) in [5.74, 6) is -2.00. The van der Waals surface area contributed by atoms with Gasteiger partial charge in [0.25, 0.3) is 0 Å². The third kappa shape index (κ3) is 5.41. The molecule has 2 saturated heterocycles. The van der Waals surface area contributed by atoms with Gasteiger partial charge in [0.15, 0.2) is 5.78 Å². The molecule has 0 bridgehead atoms. The van der Waals surface area contributed by atoms with Crippen molar-refractivity contribution in [1.82, 2.24) is 15.1 Å². The van der Waals surface area contributed by atoms with Crippen LogP contribution in [0.2, 0.25) is 0 Å². The van der Waals surface area contributed by atoms with Crippen molar-refractivity contribution in [3.63, 3.8) is 0 Å². The summed E-state index contributed by atoms with van der Waals surface area (Å²) in [4.78, 5) is 31.2. The van der Waals surface area contributed by atoms with Gasteiger partial charge in [0.2, 0.25) is 5.91 Å². The number of hydrogen-bond acceptors (Lipinski definition) is 4. The van der Waals surface area contributed by atoms with Crippen molar-refractivity contribution in [3.05, 3.63) is 47.0 Å². The Hall–Kier alpha value is -2.12. The van der Waals surface area contributed by atoms with Gasteiger partial charge < -0.3 is 10.2 Å². The molecular formula is C27H37F2N3O2. The van der Waals surface area contributed by atoms with E-state index in [0.717, 1.165) is 38.4 Å². The molecule has 4 rings (SSSR count). The molecule has 186 valence electrons. The quantitative estimate of drug-likeness (QED) is 0.721. The van der Waals surface area contributed by atoms with Crippen molar-refractivity contribution < 1.29 is 18.4 Å². The summed E-state index contributed by atoms with van der Waals surface area (Å²) in [6, 6.07) is 3.66. The number of ketones is 1. The van der Waals surface area contributed by atoms with E-state index in [1.807, 2.05) is 11.0 Å². The van der Waals surface area contributed by atoms with E-state index in [0.29, 0.717) is 43.7 Å². The van der Waals surface area contributed by atoms with Crippen LogP contribution in [0.15, 0.2) is 29.8 Å². The molecule has 0 radical (unpaired) electrons. The van der Waals surface area contributed by atoms with Gasteiger partial charge in [-0.15, -0.1) is 0 Å². The number of halogens is 2. The Labute approximate surface area is 201 Å². The zero-order valence-corrected chi connectivity index (χ0v) is 20.6. The first-order valence-electron chi connectivity index (χ1n) is 12.6. The number of rotatable bonds is 4. The summed E-state index contributed by atoms with van der Waals surface area (Å²) in [7, 11) is 0. The smallest absolute Gasteiger partial charge is 0.226 e. The van der Waals surface area contributed by atoms with Crippen molar-refractivity contribution in [2.75, 3.05) is 39.3 Å². The summed E-state index contributed by atoms with van der Waals surface area (Å²) in [5.41, 5.74) is 0.927. The van der Waals surface area contributed by atoms with Crippen LogP contribution in [0.25, 0.3) is 0 Å². The molecule has 1 aromatic carbocycles. The van der Waals surface area contributed by atoms with E-state index >= 15 is 0 Å². The van der Waals surface area contributed by atoms with Crippen molar-refractivity contribution >= 4 is 11.7 Å². The fraction of sp³-hybridized carbons (Fsp3) is 0.630. The first-order chi connectivity index (χ1) is 16.1. The molecule has 0 aromatic heterocycles. The third-order valence-corrected chi connectivity index (χ3v) is 7.68. The number of allylic oxidation sites excluding steroid dienone is 2. The lowest BCUT2D eigenvalue weighted by atomic mass is 9.81. The Morgan fingerprint density at radius 1 is 1.09 bits per heavy atom. The molecule has 0 unspecified atom stereocenters. The Balaban J connectivity index is 1.57. The standard InChI is InChI=1S/C27H37F2N3O2/c1-27(2,3)32-16-22(21-9-8-20(28)15-24(21)29)23(17-32)25(33)18-6-4-5-7-19(14-18)26(34)31-12-10-30-11-13-31/h6,8-9,15,19,22-23,30H,4-5,7,10-14,16-17H2,1-3H3/t19-,22+,23-/m1/s1. The number of nitrogens with zero attached hydrogens (tertiary/aromatic N) is 2. The second-order valence-electron chi connectivity index (χ2n) is 11.0. The normalized spacial score (nSPS) is 26.8. The molecule has 1 amide bonds. The molecule has 1 N–H and O–H groups in total. The molecule has 0 saturated carbocycles. The number of carbonyl (C=O) groups is 2. The highest BCUT2D eigenvalue weighted by molar-refractivity contribution is 5.99. The maximum absolute atomic E-state index is 14.8. The number of piperazine rings is 1. The molecule has 3 aliphatic rings. The summed E-state index contributed by atoms with van der Waals surface area (Å²) in [6.45, 7) is 10.3. The lowest BCUT2D eigenvalue weighted by Crippen LogP contribution is -2.48. The second kappa shape index (κ2) is 10.2. The molecule has 2 aliphatic heterocycles. The predicted octanol–water partition coefficient (Wildman–Crippen LogP) is 3.90. The van der Waals surface area contributed by atoms with E-state index in [2.05, 4.69) is 31.0 Å². The molecule has 0 spiro atoms. The van der Waals surface area contributed by atoms with Gasteiger partial charge in [-0.2, -0.15) is 0 Å². The highest BCUT2D eigenvalue weighted by Gasteiger charge is 2.44. The van der Waals surface area contributed by atoms with Gasteiger partial charge in [-0.1, -0.05) is 12.1 Å². The van der Waals surface area contributed by atoms with Gasteiger partial charge in [0, 0.05) is 68.6 Å². The summed E-state index contributed by atoms with van der Waals surface area (Å²) in [5, 5.41) is 3.28. The lowest BCUT2D eigenvalue weighted by Gasteiger charge is -2.32. The molecule has 3 atom stereocenters. The Morgan fingerprint density at radius 3 is 2.50 bits per heavy atom. The number of likely N-dealkylation sites (tertiary alicyclic amines) is 1. The van der Waals surface area contributed by atoms with E-state index in [1.165, 1.54) is 12.1 Å². The van der Waals surface area contributed by atoms with Crippen LogP contribution in [0.4, 0.5) is 8.78 Å². The van der Waals surface area contributed by atoms with E-state index in [1.54, 1.807) is 0 Å². The van der Waals surface area contributed by atoms with Gasteiger partial charge in [0.05, 0.1) is 0 Å². The number of hydrogen-bond donors (Lipinski definition) is 1. The van der Waals surface area contributed by atoms with Crippen LogP contribution >= 0.6 is 0 Å². The topological polar surface area (TPSA) is 52.7 Å². The van der Waals surface area contributed by atoms with Crippen LogP contribution < -0.4 is 5.32 Å². The largest absolute Gasteiger partial charge is 0.340 e. The highest BCUT2D eigenvalue weighted by atomic mass is 19.1. The molecule has 5 nitrogen and oxygen atoms in total. The van der Waals surface area contributed by atoms with Crippen LogP contribution in [0, 0.1) is 23.5 Å². The maximum Gasteiger partial charge on any atom is 0.226 e. The van der Waals surface area contributed by atoms with Gasteiger partial charge >= 0.3 is 0 Å². The Bertz CT molecular complexity index is 950. The SMILES string of the molecule is CC(C)(C)N1C[C@@H](C(=O)C2=CCCC[C@@H](C(=O)N3CCNCC3)C2)[C@H](c2ccc(F)cc2F)C1. The van der Waals surface area contributed by atoms with E-state index < -0.39 is 17.6 Å². The van der Waals surface area contributed by atoms with Crippen LogP contribution in [0.1, 0.15) is 57.9 Å². The Kier molecular flexibility index (Phi) is 7.53. The average Bonchev–Trinajstić information content (AvgIpc) is 3.10. The predicted molar refractivity (Wildman–Crippen MR) is 128 cm³/mol.